The van der Waals surface area contributed by atoms with Crippen LogP contribution < -0.4 is 10.1 Å². The number of nitrogens with one attached hydrogen (secondary N) is 1. The molecule has 1 atom stereocenters. The molecule has 190 valence electrons. The standard InChI is InChI=1S/C29H36N4O3/c1-19(2)36-26-12-11-22(16-23(26)17-30)27(35)31-24(13-14-34)15-20-7-9-21(10-8-20)25-18-33(6)28(32-25)29(3,4)5/h7-12,16,18-19,24,34H,13-15H2,1-6H3,(H,31,35). The lowest BCUT2D eigenvalue weighted by molar-refractivity contribution is 0.0930. The molecule has 0 aliphatic carbocycles. The van der Waals surface area contributed by atoms with Gasteiger partial charge < -0.3 is 19.7 Å². The Balaban J connectivity index is 1.72. The summed E-state index contributed by atoms with van der Waals surface area (Å²) in [5.74, 6) is 1.19. The van der Waals surface area contributed by atoms with Crippen LogP contribution in [0.1, 0.15) is 68.3 Å². The Morgan fingerprint density at radius 2 is 1.89 bits per heavy atom. The Labute approximate surface area is 213 Å². The van der Waals surface area contributed by atoms with Gasteiger partial charge in [0.15, 0.2) is 0 Å². The van der Waals surface area contributed by atoms with E-state index in [1.54, 1.807) is 12.1 Å². The van der Waals surface area contributed by atoms with Crippen molar-refractivity contribution >= 4 is 5.91 Å². The Morgan fingerprint density at radius 3 is 2.44 bits per heavy atom. The molecular formula is C29H36N4O3. The Morgan fingerprint density at radius 1 is 1.19 bits per heavy atom. The summed E-state index contributed by atoms with van der Waals surface area (Å²) in [5.41, 5.74) is 3.65. The summed E-state index contributed by atoms with van der Waals surface area (Å²) in [5, 5.41) is 22.0. The van der Waals surface area contributed by atoms with E-state index in [1.807, 2.05) is 51.4 Å². The first kappa shape index (κ1) is 27.0. The molecule has 1 heterocycles. The highest BCUT2D eigenvalue weighted by Gasteiger charge is 2.21. The summed E-state index contributed by atoms with van der Waals surface area (Å²) in [6, 6.07) is 14.8. The maximum atomic E-state index is 12.9. The molecule has 2 N–H and O–H groups in total. The molecule has 1 unspecified atom stereocenters. The predicted octanol–water partition coefficient (Wildman–Crippen LogP) is 4.77. The largest absolute Gasteiger partial charge is 0.490 e. The molecule has 0 radical (unpaired) electrons. The fourth-order valence-electron chi connectivity index (χ4n) is 4.16. The molecule has 0 saturated heterocycles. The Hall–Kier alpha value is -3.63. The van der Waals surface area contributed by atoms with Crippen LogP contribution in [0.25, 0.3) is 11.3 Å². The second kappa shape index (κ2) is 11.4. The Kier molecular flexibility index (Phi) is 8.54. The SMILES string of the molecule is CC(C)Oc1ccc(C(=O)NC(CCO)Cc2ccc(-c3cn(C)c(C(C)(C)C)n3)cc2)cc1C#N. The third-order valence-electron chi connectivity index (χ3n) is 5.82. The Bertz CT molecular complexity index is 1230. The van der Waals surface area contributed by atoms with Crippen molar-refractivity contribution in [2.24, 2.45) is 7.05 Å². The molecule has 3 aromatic rings. The van der Waals surface area contributed by atoms with E-state index in [1.165, 1.54) is 6.07 Å². The molecule has 0 fully saturated rings. The van der Waals surface area contributed by atoms with Gasteiger partial charge in [-0.3, -0.25) is 4.79 Å². The second-order valence-corrected chi connectivity index (χ2v) is 10.4. The average molecular weight is 489 g/mol. The number of hydrogen-bond acceptors (Lipinski definition) is 5. The molecule has 7 nitrogen and oxygen atoms in total. The van der Waals surface area contributed by atoms with E-state index in [4.69, 9.17) is 9.72 Å². The van der Waals surface area contributed by atoms with Crippen LogP contribution in [0.3, 0.4) is 0 Å². The third-order valence-corrected chi connectivity index (χ3v) is 5.82. The van der Waals surface area contributed by atoms with Crippen molar-refractivity contribution < 1.29 is 14.6 Å². The van der Waals surface area contributed by atoms with Gasteiger partial charge >= 0.3 is 0 Å². The minimum atomic E-state index is -0.291. The van der Waals surface area contributed by atoms with Crippen LogP contribution in [-0.4, -0.2) is 39.3 Å². The van der Waals surface area contributed by atoms with Crippen molar-refractivity contribution in [3.8, 4) is 23.1 Å². The van der Waals surface area contributed by atoms with Gasteiger partial charge in [0, 0.05) is 42.4 Å². The number of carbonyl (C=O) groups is 1. The van der Waals surface area contributed by atoms with Crippen LogP contribution in [0.4, 0.5) is 0 Å². The van der Waals surface area contributed by atoms with E-state index in [0.29, 0.717) is 29.7 Å². The smallest absolute Gasteiger partial charge is 0.251 e. The van der Waals surface area contributed by atoms with Crippen LogP contribution in [0.2, 0.25) is 0 Å². The van der Waals surface area contributed by atoms with Gasteiger partial charge in [0.1, 0.15) is 17.6 Å². The summed E-state index contributed by atoms with van der Waals surface area (Å²) in [6.07, 6.45) is 2.96. The second-order valence-electron chi connectivity index (χ2n) is 10.4. The van der Waals surface area contributed by atoms with Crippen molar-refractivity contribution in [1.82, 2.24) is 14.9 Å². The lowest BCUT2D eigenvalue weighted by Crippen LogP contribution is -2.37. The van der Waals surface area contributed by atoms with Gasteiger partial charge in [-0.2, -0.15) is 5.26 Å². The van der Waals surface area contributed by atoms with Crippen LogP contribution in [-0.2, 0) is 18.9 Å². The fourth-order valence-corrected chi connectivity index (χ4v) is 4.16. The molecule has 0 spiro atoms. The highest BCUT2D eigenvalue weighted by atomic mass is 16.5. The van der Waals surface area contributed by atoms with Crippen molar-refractivity contribution in [3.63, 3.8) is 0 Å². The van der Waals surface area contributed by atoms with Crippen molar-refractivity contribution in [1.29, 1.82) is 5.26 Å². The number of benzene rings is 2. The minimum Gasteiger partial charge on any atom is -0.490 e. The number of carbonyl (C=O) groups excluding carboxylic acids is 1. The molecular weight excluding hydrogens is 452 g/mol. The molecule has 2 aromatic carbocycles. The normalized spacial score (nSPS) is 12.3. The number of aryl methyl sites for hydroxylation is 1. The number of nitriles is 1. The first-order valence-electron chi connectivity index (χ1n) is 12.3. The topological polar surface area (TPSA) is 100 Å². The highest BCUT2D eigenvalue weighted by molar-refractivity contribution is 5.95. The first-order valence-corrected chi connectivity index (χ1v) is 12.3. The number of hydrogen-bond donors (Lipinski definition) is 2. The molecule has 36 heavy (non-hydrogen) atoms. The fraction of sp³-hybridized carbons (Fsp3) is 0.414. The number of amides is 1. The molecule has 0 saturated carbocycles. The van der Waals surface area contributed by atoms with Gasteiger partial charge in [-0.15, -0.1) is 0 Å². The van der Waals surface area contributed by atoms with Crippen molar-refractivity contribution in [3.05, 3.63) is 71.2 Å². The van der Waals surface area contributed by atoms with Gasteiger partial charge in [-0.25, -0.2) is 4.98 Å². The van der Waals surface area contributed by atoms with E-state index in [9.17, 15) is 15.2 Å². The number of ether oxygens (including phenoxy) is 1. The summed E-state index contributed by atoms with van der Waals surface area (Å²) < 4.78 is 7.71. The first-order chi connectivity index (χ1) is 17.0. The van der Waals surface area contributed by atoms with E-state index >= 15 is 0 Å². The minimum absolute atomic E-state index is 0.0432. The number of imidazole rings is 1. The van der Waals surface area contributed by atoms with E-state index in [2.05, 4.69) is 36.7 Å². The molecule has 3 rings (SSSR count). The zero-order chi connectivity index (χ0) is 26.5. The van der Waals surface area contributed by atoms with Gasteiger partial charge in [0.25, 0.3) is 5.91 Å². The monoisotopic (exact) mass is 488 g/mol. The zero-order valence-electron chi connectivity index (χ0n) is 22.0. The molecule has 1 amide bonds. The lowest BCUT2D eigenvalue weighted by Gasteiger charge is -2.19. The van der Waals surface area contributed by atoms with Crippen LogP contribution in [0.5, 0.6) is 5.75 Å². The summed E-state index contributed by atoms with van der Waals surface area (Å²) in [4.78, 5) is 17.7. The number of rotatable bonds is 9. The van der Waals surface area contributed by atoms with Crippen molar-refractivity contribution in [2.45, 2.75) is 65.0 Å². The zero-order valence-corrected chi connectivity index (χ0v) is 22.0. The van der Waals surface area contributed by atoms with Gasteiger partial charge in [-0.1, -0.05) is 45.0 Å². The average Bonchev–Trinajstić information content (AvgIpc) is 3.21. The quantitative estimate of drug-likeness (QED) is 0.452. The van der Waals surface area contributed by atoms with Crippen LogP contribution in [0.15, 0.2) is 48.7 Å². The van der Waals surface area contributed by atoms with Gasteiger partial charge in [0.05, 0.1) is 17.4 Å². The summed E-state index contributed by atoms with van der Waals surface area (Å²) in [7, 11) is 2.01. The lowest BCUT2D eigenvalue weighted by atomic mass is 9.96. The van der Waals surface area contributed by atoms with E-state index in [-0.39, 0.29) is 30.1 Å². The number of nitrogens with zero attached hydrogens (tertiary/aromatic N) is 3. The van der Waals surface area contributed by atoms with Gasteiger partial charge in [-0.05, 0) is 50.5 Å². The van der Waals surface area contributed by atoms with Crippen molar-refractivity contribution in [2.75, 3.05) is 6.61 Å². The molecule has 0 aliphatic heterocycles. The maximum absolute atomic E-state index is 12.9. The van der Waals surface area contributed by atoms with E-state index in [0.717, 1.165) is 22.6 Å². The number of aromatic nitrogens is 2. The number of aliphatic hydroxyl groups is 1. The van der Waals surface area contributed by atoms with E-state index < -0.39 is 0 Å². The number of aliphatic hydroxyl groups excluding tert-OH is 1. The molecule has 7 heteroatoms. The molecule has 1 aromatic heterocycles. The third kappa shape index (κ3) is 6.73. The van der Waals surface area contributed by atoms with Crippen LogP contribution in [0, 0.1) is 11.3 Å². The highest BCUT2D eigenvalue weighted by Crippen LogP contribution is 2.26. The summed E-state index contributed by atoms with van der Waals surface area (Å²) >= 11 is 0. The predicted molar refractivity (Wildman–Crippen MR) is 141 cm³/mol. The van der Waals surface area contributed by atoms with Crippen LogP contribution >= 0.6 is 0 Å². The maximum Gasteiger partial charge on any atom is 0.251 e. The molecule has 0 aliphatic rings. The molecule has 0 bridgehead atoms. The summed E-state index contributed by atoms with van der Waals surface area (Å²) in [6.45, 7) is 10.2. The van der Waals surface area contributed by atoms with Gasteiger partial charge in [0.2, 0.25) is 0 Å².